The van der Waals surface area contributed by atoms with Crippen molar-refractivity contribution in [2.75, 3.05) is 0 Å². The monoisotopic (exact) mass is 214 g/mol. The number of guanidine groups is 1. The van der Waals surface area contributed by atoms with E-state index >= 15 is 0 Å². The zero-order chi connectivity index (χ0) is 7.72. The molecule has 6 nitrogen and oxygen atoms in total. The molecule has 0 aliphatic carbocycles. The molecule has 0 aromatic rings. The topological polar surface area (TPSA) is 120 Å². The molecule has 12 heavy (non-hydrogen) atoms. The van der Waals surface area contributed by atoms with Crippen LogP contribution in [0.5, 0.6) is 0 Å². The van der Waals surface area contributed by atoms with Crippen LogP contribution in [-0.2, 0) is 0 Å². The summed E-state index contributed by atoms with van der Waals surface area (Å²) < 4.78 is 0. The summed E-state index contributed by atoms with van der Waals surface area (Å²) >= 11 is 0. The van der Waals surface area contributed by atoms with E-state index in [1.165, 1.54) is 6.20 Å². The van der Waals surface area contributed by atoms with Gasteiger partial charge in [0, 0.05) is 0 Å². The summed E-state index contributed by atoms with van der Waals surface area (Å²) in [5, 5.41) is 1.11. The molecule has 0 radical (unpaired) electrons. The fraction of sp³-hybridized carbons (Fsp3) is 0.250. The number of hydrogen-bond donors (Lipinski definition) is 4. The molecular weight excluding hydrogens is 203 g/mol. The molecule has 1 unspecified atom stereocenters. The minimum atomic E-state index is -0.558. The van der Waals surface area contributed by atoms with Crippen LogP contribution in [0.25, 0.3) is 0 Å². The van der Waals surface area contributed by atoms with Crippen LogP contribution < -0.4 is 23.0 Å². The lowest BCUT2D eigenvalue weighted by molar-refractivity contribution is 0.353. The highest BCUT2D eigenvalue weighted by atomic mass is 35.5. The number of aliphatic imine (C=N–C) groups is 1. The van der Waals surface area contributed by atoms with Gasteiger partial charge in [-0.2, -0.15) is 0 Å². The van der Waals surface area contributed by atoms with E-state index in [2.05, 4.69) is 4.99 Å². The van der Waals surface area contributed by atoms with E-state index in [4.69, 9.17) is 23.0 Å². The van der Waals surface area contributed by atoms with Gasteiger partial charge in [0.25, 0.3) is 0 Å². The van der Waals surface area contributed by atoms with Crippen molar-refractivity contribution in [3.8, 4) is 0 Å². The van der Waals surface area contributed by atoms with Crippen LogP contribution in [-0.4, -0.2) is 17.1 Å². The molecule has 1 aliphatic rings. The maximum atomic E-state index is 5.46. The van der Waals surface area contributed by atoms with Gasteiger partial charge in [-0.1, -0.05) is 0 Å². The number of nitrogens with zero attached hydrogens (tertiary/aromatic N) is 2. The van der Waals surface area contributed by atoms with Crippen molar-refractivity contribution >= 4 is 30.8 Å². The lowest BCUT2D eigenvalue weighted by Gasteiger charge is -2.27. The minimum Gasteiger partial charge on any atom is -0.398 e. The molecule has 8 N–H and O–H groups in total. The SMILES string of the molecule is Cl.Cl.NC1=CN=C(N)N(N)C1N. The first-order valence-electron chi connectivity index (χ1n) is 2.71. The summed E-state index contributed by atoms with van der Waals surface area (Å²) in [5.74, 6) is 5.51. The molecule has 0 spiro atoms. The van der Waals surface area contributed by atoms with Crippen molar-refractivity contribution in [1.29, 1.82) is 0 Å². The van der Waals surface area contributed by atoms with Gasteiger partial charge in [0.1, 0.15) is 6.17 Å². The normalized spacial score (nSPS) is 21.5. The molecule has 1 rings (SSSR count). The van der Waals surface area contributed by atoms with E-state index in [0.717, 1.165) is 5.01 Å². The van der Waals surface area contributed by atoms with Crippen LogP contribution in [0.2, 0.25) is 0 Å². The predicted molar refractivity (Wildman–Crippen MR) is 52.4 cm³/mol. The summed E-state index contributed by atoms with van der Waals surface area (Å²) in [7, 11) is 0. The van der Waals surface area contributed by atoms with Gasteiger partial charge < -0.3 is 17.2 Å². The Bertz CT molecular complexity index is 180. The van der Waals surface area contributed by atoms with Crippen molar-refractivity contribution in [3.63, 3.8) is 0 Å². The highest BCUT2D eigenvalue weighted by Crippen LogP contribution is 2.00. The molecule has 1 aliphatic heterocycles. The van der Waals surface area contributed by atoms with Crippen LogP contribution in [0.3, 0.4) is 0 Å². The van der Waals surface area contributed by atoms with Crippen molar-refractivity contribution in [2.24, 2.45) is 28.0 Å². The second-order valence-electron chi connectivity index (χ2n) is 1.97. The summed E-state index contributed by atoms with van der Waals surface area (Å²) in [6.07, 6.45) is 0.834. The van der Waals surface area contributed by atoms with E-state index in [-0.39, 0.29) is 30.8 Å². The van der Waals surface area contributed by atoms with Gasteiger partial charge in [-0.25, -0.2) is 10.8 Å². The average Bonchev–Trinajstić information content (AvgIpc) is 1.93. The first-order chi connectivity index (χ1) is 4.63. The number of hydrazine groups is 1. The molecule has 0 aromatic heterocycles. The van der Waals surface area contributed by atoms with Crippen molar-refractivity contribution in [2.45, 2.75) is 6.17 Å². The number of nitrogens with two attached hydrogens (primary N) is 4. The Labute approximate surface area is 82.4 Å². The number of hydrogen-bond acceptors (Lipinski definition) is 6. The highest BCUT2D eigenvalue weighted by molar-refractivity contribution is 5.85. The zero-order valence-corrected chi connectivity index (χ0v) is 7.81. The van der Waals surface area contributed by atoms with E-state index in [0.29, 0.717) is 5.70 Å². The molecule has 0 aromatic carbocycles. The minimum absolute atomic E-state index is 0. The van der Waals surface area contributed by atoms with Crippen molar-refractivity contribution in [1.82, 2.24) is 5.01 Å². The number of rotatable bonds is 0. The third-order valence-electron chi connectivity index (χ3n) is 1.25. The zero-order valence-electron chi connectivity index (χ0n) is 6.18. The molecule has 1 heterocycles. The Hall–Kier alpha value is -0.690. The molecule has 0 amide bonds. The van der Waals surface area contributed by atoms with Crippen molar-refractivity contribution < 1.29 is 0 Å². The van der Waals surface area contributed by atoms with Crippen molar-refractivity contribution in [3.05, 3.63) is 11.9 Å². The second-order valence-corrected chi connectivity index (χ2v) is 1.97. The summed E-state index contributed by atoms with van der Waals surface area (Å²) in [4.78, 5) is 3.67. The molecule has 8 heteroatoms. The first kappa shape index (κ1) is 13.9. The molecule has 1 atom stereocenters. The average molecular weight is 215 g/mol. The predicted octanol–water partition coefficient (Wildman–Crippen LogP) is -1.58. The summed E-state index contributed by atoms with van der Waals surface area (Å²) in [5.41, 5.74) is 16.5. The first-order valence-corrected chi connectivity index (χ1v) is 2.71. The standard InChI is InChI=1S/C4H10N6.2ClH/c5-2-1-9-4(7)10(8)3(2)6;;/h1,3H,5-6,8H2,(H2,7,9);2*1H. The van der Waals surface area contributed by atoms with Crippen LogP contribution in [0.15, 0.2) is 16.9 Å². The Morgan fingerprint density at radius 2 is 1.83 bits per heavy atom. The van der Waals surface area contributed by atoms with Crippen LogP contribution in [0.4, 0.5) is 0 Å². The van der Waals surface area contributed by atoms with E-state index in [9.17, 15) is 0 Å². The molecule has 72 valence electrons. The Morgan fingerprint density at radius 1 is 1.33 bits per heavy atom. The largest absolute Gasteiger partial charge is 0.398 e. The van der Waals surface area contributed by atoms with Gasteiger partial charge in [0.15, 0.2) is 0 Å². The van der Waals surface area contributed by atoms with E-state index in [1.807, 2.05) is 0 Å². The maximum Gasteiger partial charge on any atom is 0.212 e. The molecule has 0 fully saturated rings. The Kier molecular flexibility index (Phi) is 5.83. The van der Waals surface area contributed by atoms with Gasteiger partial charge in [0.05, 0.1) is 11.9 Å². The third-order valence-corrected chi connectivity index (χ3v) is 1.25. The Morgan fingerprint density at radius 3 is 2.25 bits per heavy atom. The molecule has 0 saturated carbocycles. The van der Waals surface area contributed by atoms with E-state index < -0.39 is 6.17 Å². The van der Waals surface area contributed by atoms with Crippen LogP contribution in [0.1, 0.15) is 0 Å². The van der Waals surface area contributed by atoms with E-state index in [1.54, 1.807) is 0 Å². The lowest BCUT2D eigenvalue weighted by Crippen LogP contribution is -2.56. The van der Waals surface area contributed by atoms with Crippen LogP contribution in [0, 0.1) is 0 Å². The lowest BCUT2D eigenvalue weighted by atomic mass is 10.3. The third kappa shape index (κ3) is 2.42. The second kappa shape index (κ2) is 5.04. The highest BCUT2D eigenvalue weighted by Gasteiger charge is 2.17. The summed E-state index contributed by atoms with van der Waals surface area (Å²) in [6.45, 7) is 0. The molecule has 0 bridgehead atoms. The quantitative estimate of drug-likeness (QED) is 0.363. The Balaban J connectivity index is 0. The number of halogens is 2. The smallest absolute Gasteiger partial charge is 0.212 e. The fourth-order valence-corrected chi connectivity index (χ4v) is 0.587. The van der Waals surface area contributed by atoms with Gasteiger partial charge in [-0.15, -0.1) is 24.8 Å². The maximum absolute atomic E-state index is 5.46. The van der Waals surface area contributed by atoms with Gasteiger partial charge in [-0.3, -0.25) is 5.01 Å². The van der Waals surface area contributed by atoms with Gasteiger partial charge >= 0.3 is 0 Å². The van der Waals surface area contributed by atoms with Gasteiger partial charge in [0.2, 0.25) is 5.96 Å². The van der Waals surface area contributed by atoms with Gasteiger partial charge in [-0.05, 0) is 0 Å². The molecular formula is C4H12Cl2N6. The summed E-state index contributed by atoms with van der Waals surface area (Å²) in [6, 6.07) is 0. The van der Waals surface area contributed by atoms with Crippen LogP contribution >= 0.6 is 24.8 Å². The fourth-order valence-electron chi connectivity index (χ4n) is 0.587. The molecule has 0 saturated heterocycles.